The van der Waals surface area contributed by atoms with Crippen LogP contribution in [0.3, 0.4) is 0 Å². The molecule has 1 heterocycles. The van der Waals surface area contributed by atoms with Gasteiger partial charge in [-0.05, 0) is 24.6 Å². The van der Waals surface area contributed by atoms with Gasteiger partial charge < -0.3 is 20.5 Å². The van der Waals surface area contributed by atoms with Gasteiger partial charge in [-0.15, -0.1) is 0 Å². The fourth-order valence-corrected chi connectivity index (χ4v) is 2.59. The zero-order chi connectivity index (χ0) is 17.1. The monoisotopic (exact) mass is 326 g/mol. The lowest BCUT2D eigenvalue weighted by Gasteiger charge is -2.31. The summed E-state index contributed by atoms with van der Waals surface area (Å²) < 4.78 is 11.4. The van der Waals surface area contributed by atoms with Crippen LogP contribution in [-0.4, -0.2) is 24.0 Å². The fraction of sp³-hybridized carbons (Fsp3) is 0.222. The fourth-order valence-electron chi connectivity index (χ4n) is 2.59. The van der Waals surface area contributed by atoms with Crippen molar-refractivity contribution in [3.63, 3.8) is 0 Å². The molecule has 0 saturated carbocycles. The third-order valence-electron chi connectivity index (χ3n) is 3.80. The Labute approximate surface area is 139 Å². The Bertz CT molecular complexity index is 748. The first-order valence-electron chi connectivity index (χ1n) is 7.63. The van der Waals surface area contributed by atoms with Crippen LogP contribution in [0.4, 0.5) is 0 Å². The van der Waals surface area contributed by atoms with E-state index < -0.39 is 30.1 Å². The van der Waals surface area contributed by atoms with Crippen molar-refractivity contribution in [2.24, 2.45) is 5.73 Å². The second kappa shape index (κ2) is 6.62. The van der Waals surface area contributed by atoms with Crippen LogP contribution >= 0.6 is 0 Å². The molecular weight excluding hydrogens is 308 g/mol. The lowest BCUT2D eigenvalue weighted by Crippen LogP contribution is -2.51. The highest BCUT2D eigenvalue weighted by atomic mass is 16.6. The summed E-state index contributed by atoms with van der Waals surface area (Å²) in [4.78, 5) is 24.3. The third-order valence-corrected chi connectivity index (χ3v) is 3.80. The number of hydrogen-bond donors (Lipinski definition) is 2. The zero-order valence-electron chi connectivity index (χ0n) is 13.1. The first-order chi connectivity index (χ1) is 11.6. The average Bonchev–Trinajstić information content (AvgIpc) is 2.59. The number of nitrogens with one attached hydrogen (secondary N) is 1. The Hall–Kier alpha value is -3.02. The van der Waals surface area contributed by atoms with E-state index in [0.29, 0.717) is 17.1 Å². The largest absolute Gasteiger partial charge is 0.482 e. The maximum atomic E-state index is 12.6. The third kappa shape index (κ3) is 3.17. The van der Waals surface area contributed by atoms with Crippen LogP contribution in [0.2, 0.25) is 0 Å². The van der Waals surface area contributed by atoms with Crippen LogP contribution in [0.15, 0.2) is 54.6 Å². The lowest BCUT2D eigenvalue weighted by atomic mass is 10.1. The smallest absolute Gasteiger partial charge is 0.265 e. The minimum atomic E-state index is -0.924. The Morgan fingerprint density at radius 2 is 1.58 bits per heavy atom. The molecule has 2 aromatic rings. The summed E-state index contributed by atoms with van der Waals surface area (Å²) in [5, 5.41) is 2.65. The molecule has 24 heavy (non-hydrogen) atoms. The van der Waals surface area contributed by atoms with Crippen LogP contribution in [0.1, 0.15) is 18.5 Å². The van der Waals surface area contributed by atoms with Crippen LogP contribution in [0.5, 0.6) is 11.5 Å². The van der Waals surface area contributed by atoms with E-state index in [-0.39, 0.29) is 0 Å². The Morgan fingerprint density at radius 3 is 2.21 bits per heavy atom. The first kappa shape index (κ1) is 15.9. The summed E-state index contributed by atoms with van der Waals surface area (Å²) in [5.41, 5.74) is 6.05. The van der Waals surface area contributed by atoms with E-state index >= 15 is 0 Å². The Balaban J connectivity index is 1.77. The molecule has 0 radical (unpaired) electrons. The molecule has 0 aliphatic carbocycles. The number of hydrogen-bond acceptors (Lipinski definition) is 4. The lowest BCUT2D eigenvalue weighted by molar-refractivity contribution is -0.136. The number of nitrogens with two attached hydrogens (primary N) is 1. The minimum Gasteiger partial charge on any atom is -0.482 e. The van der Waals surface area contributed by atoms with Gasteiger partial charge in [0.1, 0.15) is 12.1 Å². The highest BCUT2D eigenvalue weighted by molar-refractivity contribution is 5.90. The normalized spacial score (nSPS) is 20.0. The van der Waals surface area contributed by atoms with Gasteiger partial charge in [0, 0.05) is 0 Å². The maximum Gasteiger partial charge on any atom is 0.265 e. The number of fused-ring (bicyclic) bond motifs is 1. The number of para-hydroxylation sites is 2. The van der Waals surface area contributed by atoms with E-state index in [1.807, 2.05) is 12.1 Å². The molecule has 6 heteroatoms. The molecule has 1 aliphatic rings. The van der Waals surface area contributed by atoms with E-state index in [9.17, 15) is 9.59 Å². The summed E-state index contributed by atoms with van der Waals surface area (Å²) in [6, 6.07) is 15.0. The molecule has 3 rings (SSSR count). The van der Waals surface area contributed by atoms with Gasteiger partial charge >= 0.3 is 0 Å². The molecule has 0 unspecified atom stereocenters. The van der Waals surface area contributed by atoms with Crippen molar-refractivity contribution < 1.29 is 19.1 Å². The van der Waals surface area contributed by atoms with Gasteiger partial charge in [-0.3, -0.25) is 9.59 Å². The van der Waals surface area contributed by atoms with E-state index in [2.05, 4.69) is 5.32 Å². The van der Waals surface area contributed by atoms with Gasteiger partial charge in [-0.25, -0.2) is 0 Å². The SMILES string of the molecule is C[C@@H]1Oc2ccccc2O[C@@H]1C(=O)N[C@H](C(N)=O)c1ccccc1. The second-order valence-corrected chi connectivity index (χ2v) is 5.56. The number of carbonyl (C=O) groups excluding carboxylic acids is 2. The number of primary amides is 1. The summed E-state index contributed by atoms with van der Waals surface area (Å²) in [5.74, 6) is -0.0152. The zero-order valence-corrected chi connectivity index (χ0v) is 13.1. The molecule has 124 valence electrons. The number of rotatable bonds is 4. The number of ether oxygens (including phenoxy) is 2. The van der Waals surface area contributed by atoms with E-state index in [0.717, 1.165) is 0 Å². The van der Waals surface area contributed by atoms with Crippen LogP contribution in [0, 0.1) is 0 Å². The van der Waals surface area contributed by atoms with Gasteiger partial charge in [0.25, 0.3) is 5.91 Å². The topological polar surface area (TPSA) is 90.7 Å². The molecule has 2 amide bonds. The molecular formula is C18H18N2O4. The molecule has 3 atom stereocenters. The van der Waals surface area contributed by atoms with Crippen molar-refractivity contribution in [2.45, 2.75) is 25.2 Å². The summed E-state index contributed by atoms with van der Waals surface area (Å²) in [7, 11) is 0. The van der Waals surface area contributed by atoms with E-state index in [1.165, 1.54) is 0 Å². The first-order valence-corrected chi connectivity index (χ1v) is 7.63. The van der Waals surface area contributed by atoms with Gasteiger partial charge in [-0.1, -0.05) is 42.5 Å². The molecule has 6 nitrogen and oxygen atoms in total. The molecule has 0 bridgehead atoms. The highest BCUT2D eigenvalue weighted by Crippen LogP contribution is 2.33. The summed E-state index contributed by atoms with van der Waals surface area (Å²) >= 11 is 0. The van der Waals surface area contributed by atoms with Crippen molar-refractivity contribution in [2.75, 3.05) is 0 Å². The van der Waals surface area contributed by atoms with Crippen LogP contribution < -0.4 is 20.5 Å². The van der Waals surface area contributed by atoms with Gasteiger partial charge in [0.15, 0.2) is 11.5 Å². The van der Waals surface area contributed by atoms with Crippen LogP contribution in [-0.2, 0) is 9.59 Å². The van der Waals surface area contributed by atoms with Gasteiger partial charge in [0.2, 0.25) is 12.0 Å². The van der Waals surface area contributed by atoms with Gasteiger partial charge in [-0.2, -0.15) is 0 Å². The highest BCUT2D eigenvalue weighted by Gasteiger charge is 2.35. The van der Waals surface area contributed by atoms with E-state index in [4.69, 9.17) is 15.2 Å². The van der Waals surface area contributed by atoms with E-state index in [1.54, 1.807) is 49.4 Å². The van der Waals surface area contributed by atoms with Crippen LogP contribution in [0.25, 0.3) is 0 Å². The summed E-state index contributed by atoms with van der Waals surface area (Å²) in [6.07, 6.45) is -1.37. The second-order valence-electron chi connectivity index (χ2n) is 5.56. The molecule has 3 N–H and O–H groups in total. The number of amides is 2. The summed E-state index contributed by atoms with van der Waals surface area (Å²) in [6.45, 7) is 1.74. The Morgan fingerprint density at radius 1 is 1.00 bits per heavy atom. The Kier molecular flexibility index (Phi) is 4.37. The van der Waals surface area contributed by atoms with Crippen molar-refractivity contribution in [1.29, 1.82) is 0 Å². The van der Waals surface area contributed by atoms with Crippen molar-refractivity contribution in [3.8, 4) is 11.5 Å². The average molecular weight is 326 g/mol. The van der Waals surface area contributed by atoms with Crippen molar-refractivity contribution in [1.82, 2.24) is 5.32 Å². The molecule has 2 aromatic carbocycles. The predicted octanol–water partition coefficient (Wildman–Crippen LogP) is 1.56. The minimum absolute atomic E-state index is 0.454. The molecule has 0 fully saturated rings. The van der Waals surface area contributed by atoms with Crippen molar-refractivity contribution in [3.05, 3.63) is 60.2 Å². The maximum absolute atomic E-state index is 12.6. The molecule has 0 saturated heterocycles. The number of carbonyl (C=O) groups is 2. The number of benzene rings is 2. The quantitative estimate of drug-likeness (QED) is 0.892. The standard InChI is InChI=1S/C18H18N2O4/c1-11-16(24-14-10-6-5-9-13(14)23-11)18(22)20-15(17(19)21)12-7-3-2-4-8-12/h2-11,15-16H,1H3,(H2,19,21)(H,20,22)/t11-,15-,16-/m0/s1. The van der Waals surface area contributed by atoms with Crippen molar-refractivity contribution >= 4 is 11.8 Å². The molecule has 0 aromatic heterocycles. The molecule has 1 aliphatic heterocycles. The van der Waals surface area contributed by atoms with Gasteiger partial charge in [0.05, 0.1) is 0 Å². The molecule has 0 spiro atoms. The predicted molar refractivity (Wildman–Crippen MR) is 87.5 cm³/mol.